The summed E-state index contributed by atoms with van der Waals surface area (Å²) in [6.07, 6.45) is 0. The molecule has 1 aliphatic carbocycles. The summed E-state index contributed by atoms with van der Waals surface area (Å²) in [6, 6.07) is 33.9. The predicted molar refractivity (Wildman–Crippen MR) is 202 cm³/mol. The van der Waals surface area contributed by atoms with E-state index in [9.17, 15) is 5.48 Å². The van der Waals surface area contributed by atoms with Crippen molar-refractivity contribution in [1.29, 1.82) is 0 Å². The first-order valence-electron chi connectivity index (χ1n) is 20.0. The Morgan fingerprint density at radius 2 is 1.00 bits per heavy atom. The first-order chi connectivity index (χ1) is 26.4. The van der Waals surface area contributed by atoms with Gasteiger partial charge in [0.2, 0.25) is 0 Å². The van der Waals surface area contributed by atoms with Crippen molar-refractivity contribution in [3.8, 4) is 33.4 Å². The van der Waals surface area contributed by atoms with Crippen LogP contribution in [-0.4, -0.2) is 0 Å². The van der Waals surface area contributed by atoms with E-state index in [-0.39, 0.29) is 45.7 Å². The molecule has 0 aromatic heterocycles. The third kappa shape index (κ3) is 3.70. The third-order valence-corrected chi connectivity index (χ3v) is 10.3. The lowest BCUT2D eigenvalue weighted by Gasteiger charge is -2.23. The summed E-state index contributed by atoms with van der Waals surface area (Å²) in [5, 5.41) is 6.92. The fourth-order valence-corrected chi connectivity index (χ4v) is 8.02. The maximum absolute atomic E-state index is 9.48. The highest BCUT2D eigenvalue weighted by Crippen LogP contribution is 2.52. The molecule has 1 aliphatic rings. The summed E-state index contributed by atoms with van der Waals surface area (Å²) in [6.45, 7) is 4.36. The van der Waals surface area contributed by atoms with Crippen LogP contribution in [0.2, 0.25) is 0 Å². The van der Waals surface area contributed by atoms with E-state index < -0.39 is 29.6 Å². The van der Waals surface area contributed by atoms with Crippen LogP contribution in [0, 0.1) is 0 Å². The maximum atomic E-state index is 9.48. The molecule has 0 heterocycles. The highest BCUT2D eigenvalue weighted by Gasteiger charge is 2.36. The van der Waals surface area contributed by atoms with Crippen LogP contribution < -0.4 is 0 Å². The summed E-state index contributed by atoms with van der Waals surface area (Å²) in [5.41, 5.74) is 5.92. The molecule has 9 aromatic carbocycles. The SMILES string of the molecule is [2H]c1c([2H])c([2H])c2c(-c3cccc4c3ccc3ccccc34)c3c([2H])c([2H])c([2H])c([2H])c3c(-c3ccc4c(c3)C(C)(C)c3cc5ccccc5cc3-4)c2c1[2H]. The molecule has 0 spiro atoms. The first kappa shape index (κ1) is 19.7. The van der Waals surface area contributed by atoms with Crippen molar-refractivity contribution >= 4 is 53.9 Å². The smallest absolute Gasteiger partial charge is 0.0616 e. The fourth-order valence-electron chi connectivity index (χ4n) is 8.02. The highest BCUT2D eigenvalue weighted by atomic mass is 14.4. The Bertz CT molecular complexity index is 3130. The number of hydrogen-bond donors (Lipinski definition) is 0. The van der Waals surface area contributed by atoms with Crippen molar-refractivity contribution in [3.63, 3.8) is 0 Å². The molecule has 0 aliphatic heterocycles. The second-order valence-electron chi connectivity index (χ2n) is 13.1. The van der Waals surface area contributed by atoms with Crippen LogP contribution in [0.4, 0.5) is 0 Å². The van der Waals surface area contributed by atoms with E-state index in [1.165, 1.54) is 5.56 Å². The molecular weight excluding hydrogens is 565 g/mol. The molecule has 47 heavy (non-hydrogen) atoms. The minimum atomic E-state index is -0.430. The summed E-state index contributed by atoms with van der Waals surface area (Å²) in [4.78, 5) is 0. The van der Waals surface area contributed by atoms with Crippen molar-refractivity contribution in [2.24, 2.45) is 0 Å². The van der Waals surface area contributed by atoms with E-state index in [0.29, 0.717) is 22.3 Å². The zero-order valence-corrected chi connectivity index (χ0v) is 25.9. The number of rotatable bonds is 2. The average molecular weight is 605 g/mol. The normalized spacial score (nSPS) is 15.9. The van der Waals surface area contributed by atoms with Gasteiger partial charge in [0.25, 0.3) is 0 Å². The summed E-state index contributed by atoms with van der Waals surface area (Å²) in [7, 11) is 0. The molecule has 0 atom stereocenters. The van der Waals surface area contributed by atoms with Gasteiger partial charge in [-0.25, -0.2) is 0 Å². The fraction of sp³-hybridized carbons (Fsp3) is 0.0638. The molecule has 220 valence electrons. The van der Waals surface area contributed by atoms with Gasteiger partial charge < -0.3 is 0 Å². The van der Waals surface area contributed by atoms with E-state index in [0.717, 1.165) is 49.0 Å². The predicted octanol–water partition coefficient (Wildman–Crippen LogP) is 13.1. The van der Waals surface area contributed by atoms with E-state index in [1.54, 1.807) is 0 Å². The largest absolute Gasteiger partial charge is 0.0629 e. The topological polar surface area (TPSA) is 0 Å². The lowest BCUT2D eigenvalue weighted by atomic mass is 9.80. The average Bonchev–Trinajstić information content (AvgIpc) is 3.42. The van der Waals surface area contributed by atoms with E-state index in [2.05, 4.69) is 44.2 Å². The Morgan fingerprint density at radius 3 is 1.72 bits per heavy atom. The van der Waals surface area contributed by atoms with Crippen molar-refractivity contribution < 1.29 is 11.0 Å². The van der Waals surface area contributed by atoms with E-state index >= 15 is 0 Å². The molecule has 0 bridgehead atoms. The lowest BCUT2D eigenvalue weighted by Crippen LogP contribution is -2.15. The van der Waals surface area contributed by atoms with Crippen LogP contribution >= 0.6 is 0 Å². The van der Waals surface area contributed by atoms with Crippen LogP contribution in [0.3, 0.4) is 0 Å². The van der Waals surface area contributed by atoms with Gasteiger partial charge in [0.05, 0.1) is 11.0 Å². The van der Waals surface area contributed by atoms with Gasteiger partial charge >= 0.3 is 0 Å². The van der Waals surface area contributed by atoms with Gasteiger partial charge in [-0.15, -0.1) is 0 Å². The standard InChI is InChI=1S/C47H32/c1-47(2)43-28-32(23-25-36(43)42-26-30-13-3-4-14-31(30)27-44(42)47)45-38-16-7-9-18-40(38)46(41-19-10-8-17-39(41)45)37-21-11-20-34-33-15-6-5-12-29(33)22-24-35(34)37/h3-28H,1-2H3/i7D,8D,9D,10D,16D,17D,18D,19D. The lowest BCUT2D eigenvalue weighted by molar-refractivity contribution is 0.661. The van der Waals surface area contributed by atoms with E-state index in [4.69, 9.17) is 5.48 Å². The molecular formula is C47H32. The van der Waals surface area contributed by atoms with Crippen molar-refractivity contribution in [3.05, 3.63) is 169 Å². The molecule has 10 rings (SSSR count). The molecule has 0 nitrogen and oxygen atoms in total. The van der Waals surface area contributed by atoms with Crippen LogP contribution in [0.15, 0.2) is 158 Å². The molecule has 0 heteroatoms. The molecule has 0 radical (unpaired) electrons. The molecule has 0 N–H and O–H groups in total. The maximum Gasteiger partial charge on any atom is 0.0629 e. The minimum absolute atomic E-state index is 0.216. The van der Waals surface area contributed by atoms with Crippen molar-refractivity contribution in [2.45, 2.75) is 19.3 Å². The van der Waals surface area contributed by atoms with Gasteiger partial charge in [0, 0.05) is 5.41 Å². The summed E-state index contributed by atoms with van der Waals surface area (Å²) in [5.74, 6) is 0. The van der Waals surface area contributed by atoms with E-state index in [1.807, 2.05) is 78.9 Å². The Balaban J connectivity index is 1.39. The number of fused-ring (bicyclic) bond motifs is 9. The highest BCUT2D eigenvalue weighted by molar-refractivity contribution is 6.25. The Hall–Kier alpha value is -5.72. The number of benzene rings is 9. The molecule has 0 amide bonds. The van der Waals surface area contributed by atoms with Crippen molar-refractivity contribution in [1.82, 2.24) is 0 Å². The zero-order chi connectivity index (χ0) is 38.2. The Morgan fingerprint density at radius 1 is 0.404 bits per heavy atom. The van der Waals surface area contributed by atoms with Gasteiger partial charge in [0.1, 0.15) is 0 Å². The summed E-state index contributed by atoms with van der Waals surface area (Å²) < 4.78 is 73.5. The molecule has 0 unspecified atom stereocenters. The van der Waals surface area contributed by atoms with Crippen LogP contribution in [0.5, 0.6) is 0 Å². The monoisotopic (exact) mass is 604 g/mol. The van der Waals surface area contributed by atoms with Gasteiger partial charge in [-0.3, -0.25) is 0 Å². The van der Waals surface area contributed by atoms with Gasteiger partial charge in [0.15, 0.2) is 0 Å². The molecule has 0 saturated heterocycles. The minimum Gasteiger partial charge on any atom is -0.0616 e. The zero-order valence-electron chi connectivity index (χ0n) is 33.9. The molecule has 9 aromatic rings. The second-order valence-corrected chi connectivity index (χ2v) is 13.1. The van der Waals surface area contributed by atoms with Crippen LogP contribution in [-0.2, 0) is 5.41 Å². The van der Waals surface area contributed by atoms with Crippen LogP contribution in [0.25, 0.3) is 87.2 Å². The Labute approximate surface area is 285 Å². The van der Waals surface area contributed by atoms with Gasteiger partial charge in [-0.2, -0.15) is 0 Å². The van der Waals surface area contributed by atoms with Gasteiger partial charge in [-0.05, 0) is 117 Å². The van der Waals surface area contributed by atoms with Gasteiger partial charge in [-0.1, -0.05) is 153 Å². The quantitative estimate of drug-likeness (QED) is 0.136. The summed E-state index contributed by atoms with van der Waals surface area (Å²) >= 11 is 0. The third-order valence-electron chi connectivity index (χ3n) is 10.3. The first-order valence-corrected chi connectivity index (χ1v) is 16.0. The molecule has 0 saturated carbocycles. The van der Waals surface area contributed by atoms with Crippen molar-refractivity contribution in [2.75, 3.05) is 0 Å². The van der Waals surface area contributed by atoms with Crippen LogP contribution in [0.1, 0.15) is 35.9 Å². The number of hydrogen-bond acceptors (Lipinski definition) is 0. The second kappa shape index (κ2) is 9.64. The molecule has 0 fully saturated rings. The Kier molecular flexibility index (Phi) is 4.05.